The van der Waals surface area contributed by atoms with E-state index in [-0.39, 0.29) is 16.2 Å². The molecule has 2 aromatic heterocycles. The van der Waals surface area contributed by atoms with Crippen LogP contribution in [0.4, 0.5) is 14.5 Å². The normalized spacial score (nSPS) is 11.7. The van der Waals surface area contributed by atoms with Gasteiger partial charge in [0.25, 0.3) is 10.0 Å². The van der Waals surface area contributed by atoms with Crippen LogP contribution in [0, 0.1) is 11.6 Å². The summed E-state index contributed by atoms with van der Waals surface area (Å²) in [6, 6.07) is 5.23. The fourth-order valence-corrected chi connectivity index (χ4v) is 3.04. The molecule has 0 unspecified atom stereocenters. The molecule has 3 aromatic rings. The number of halogens is 2. The molecule has 0 saturated heterocycles. The number of pyridine rings is 1. The van der Waals surface area contributed by atoms with Gasteiger partial charge in [-0.05, 0) is 24.3 Å². The maximum absolute atomic E-state index is 13.1. The van der Waals surface area contributed by atoms with Crippen LogP contribution in [0.1, 0.15) is 0 Å². The highest BCUT2D eigenvalue weighted by Crippen LogP contribution is 2.20. The fraction of sp³-hybridized carbons (Fsp3) is 0. The van der Waals surface area contributed by atoms with Gasteiger partial charge in [0.1, 0.15) is 22.9 Å². The minimum Gasteiger partial charge on any atom is -0.288 e. The topological polar surface area (TPSA) is 76.4 Å². The summed E-state index contributed by atoms with van der Waals surface area (Å²) in [5, 5.41) is 7.32. The minimum absolute atomic E-state index is 0.113. The third kappa shape index (κ3) is 2.55. The predicted molar refractivity (Wildman–Crippen MR) is 70.2 cm³/mol. The van der Waals surface area contributed by atoms with Crippen LogP contribution in [-0.2, 0) is 10.0 Å². The number of anilines is 1. The fourth-order valence-electron chi connectivity index (χ4n) is 1.86. The molecular formula is C12H8F2N4O2S. The molecule has 0 atom stereocenters. The van der Waals surface area contributed by atoms with Crippen LogP contribution in [0.2, 0.25) is 0 Å². The van der Waals surface area contributed by atoms with Gasteiger partial charge in [-0.15, -0.1) is 10.2 Å². The van der Waals surface area contributed by atoms with Gasteiger partial charge in [0.2, 0.25) is 0 Å². The molecule has 0 aliphatic heterocycles. The standard InChI is InChI=1S/C12H8F2N4O2S/c13-8-4-9(14)6-10(5-8)17-21(19,20)11-2-1-3-18-7-15-16-12(11)18/h1-7,17H. The first-order valence-electron chi connectivity index (χ1n) is 5.73. The lowest BCUT2D eigenvalue weighted by atomic mass is 10.3. The smallest absolute Gasteiger partial charge is 0.265 e. The zero-order valence-electron chi connectivity index (χ0n) is 10.4. The molecule has 0 radical (unpaired) electrons. The van der Waals surface area contributed by atoms with Gasteiger partial charge in [-0.1, -0.05) is 0 Å². The molecule has 0 amide bonds. The van der Waals surface area contributed by atoms with Crippen LogP contribution >= 0.6 is 0 Å². The van der Waals surface area contributed by atoms with Crippen LogP contribution in [0.25, 0.3) is 5.65 Å². The van der Waals surface area contributed by atoms with E-state index in [4.69, 9.17) is 0 Å². The number of rotatable bonds is 3. The van der Waals surface area contributed by atoms with Gasteiger partial charge in [-0.25, -0.2) is 17.2 Å². The van der Waals surface area contributed by atoms with Gasteiger partial charge in [0.15, 0.2) is 5.65 Å². The number of fused-ring (bicyclic) bond motifs is 1. The van der Waals surface area contributed by atoms with Crippen molar-refractivity contribution in [3.63, 3.8) is 0 Å². The SMILES string of the molecule is O=S(=O)(Nc1cc(F)cc(F)c1)c1cccn2cnnc12. The highest BCUT2D eigenvalue weighted by atomic mass is 32.2. The summed E-state index contributed by atoms with van der Waals surface area (Å²) in [4.78, 5) is -0.146. The molecule has 0 bridgehead atoms. The van der Waals surface area contributed by atoms with E-state index in [0.29, 0.717) is 6.07 Å². The first-order chi connectivity index (χ1) is 9.95. The molecule has 0 fully saturated rings. The second-order valence-electron chi connectivity index (χ2n) is 4.20. The Hall–Kier alpha value is -2.55. The van der Waals surface area contributed by atoms with E-state index in [1.807, 2.05) is 0 Å². The van der Waals surface area contributed by atoms with Crippen molar-refractivity contribution >= 4 is 21.4 Å². The molecule has 2 heterocycles. The monoisotopic (exact) mass is 310 g/mol. The van der Waals surface area contributed by atoms with Crippen molar-refractivity contribution < 1.29 is 17.2 Å². The number of nitrogens with zero attached hydrogens (tertiary/aromatic N) is 3. The largest absolute Gasteiger partial charge is 0.288 e. The maximum atomic E-state index is 13.1. The molecule has 6 nitrogen and oxygen atoms in total. The number of hydrogen-bond donors (Lipinski definition) is 1. The molecule has 0 spiro atoms. The summed E-state index contributed by atoms with van der Waals surface area (Å²) in [5.74, 6) is -1.76. The second-order valence-corrected chi connectivity index (χ2v) is 5.85. The molecule has 108 valence electrons. The summed E-state index contributed by atoms with van der Waals surface area (Å²) < 4.78 is 54.3. The van der Waals surface area contributed by atoms with Crippen molar-refractivity contribution in [3.05, 3.63) is 54.5 Å². The molecule has 0 aliphatic carbocycles. The lowest BCUT2D eigenvalue weighted by Crippen LogP contribution is -2.14. The van der Waals surface area contributed by atoms with Crippen molar-refractivity contribution in [3.8, 4) is 0 Å². The highest BCUT2D eigenvalue weighted by Gasteiger charge is 2.19. The molecule has 3 rings (SSSR count). The van der Waals surface area contributed by atoms with E-state index in [1.165, 1.54) is 22.9 Å². The number of hydrogen-bond acceptors (Lipinski definition) is 4. The van der Waals surface area contributed by atoms with E-state index >= 15 is 0 Å². The van der Waals surface area contributed by atoms with Crippen molar-refractivity contribution in [1.82, 2.24) is 14.6 Å². The Morgan fingerprint density at radius 1 is 1.14 bits per heavy atom. The van der Waals surface area contributed by atoms with Crippen molar-refractivity contribution in [1.29, 1.82) is 0 Å². The Bertz CT molecular complexity index is 904. The van der Waals surface area contributed by atoms with E-state index in [9.17, 15) is 17.2 Å². The molecule has 1 N–H and O–H groups in total. The molecular weight excluding hydrogens is 302 g/mol. The number of aromatic nitrogens is 3. The Kier molecular flexibility index (Phi) is 3.05. The van der Waals surface area contributed by atoms with Crippen molar-refractivity contribution in [2.75, 3.05) is 4.72 Å². The molecule has 0 aliphatic rings. The van der Waals surface area contributed by atoms with Gasteiger partial charge in [0, 0.05) is 12.3 Å². The van der Waals surface area contributed by atoms with E-state index in [1.54, 1.807) is 6.20 Å². The summed E-state index contributed by atoms with van der Waals surface area (Å²) >= 11 is 0. The van der Waals surface area contributed by atoms with Gasteiger partial charge in [-0.2, -0.15) is 0 Å². The van der Waals surface area contributed by atoms with E-state index in [2.05, 4.69) is 14.9 Å². The van der Waals surface area contributed by atoms with Gasteiger partial charge >= 0.3 is 0 Å². The summed E-state index contributed by atoms with van der Waals surface area (Å²) in [5.41, 5.74) is -0.101. The quantitative estimate of drug-likeness (QED) is 0.800. The second kappa shape index (κ2) is 4.77. The van der Waals surface area contributed by atoms with E-state index in [0.717, 1.165) is 12.1 Å². The number of sulfonamides is 1. The van der Waals surface area contributed by atoms with Crippen molar-refractivity contribution in [2.45, 2.75) is 4.90 Å². The number of nitrogens with one attached hydrogen (secondary N) is 1. The highest BCUT2D eigenvalue weighted by molar-refractivity contribution is 7.93. The molecule has 21 heavy (non-hydrogen) atoms. The maximum Gasteiger partial charge on any atom is 0.265 e. The van der Waals surface area contributed by atoms with Crippen LogP contribution in [0.5, 0.6) is 0 Å². The third-order valence-corrected chi connectivity index (χ3v) is 4.09. The zero-order chi connectivity index (χ0) is 15.0. The predicted octanol–water partition coefficient (Wildman–Crippen LogP) is 1.81. The Balaban J connectivity index is 2.06. The average molecular weight is 310 g/mol. The number of benzene rings is 1. The summed E-state index contributed by atoms with van der Waals surface area (Å²) in [6.45, 7) is 0. The van der Waals surface area contributed by atoms with E-state index < -0.39 is 21.7 Å². The molecule has 1 aromatic carbocycles. The zero-order valence-corrected chi connectivity index (χ0v) is 11.2. The van der Waals surface area contributed by atoms with Gasteiger partial charge in [-0.3, -0.25) is 9.12 Å². The van der Waals surface area contributed by atoms with Crippen LogP contribution in [-0.4, -0.2) is 23.0 Å². The Labute approximate surface area is 118 Å². The third-order valence-electron chi connectivity index (χ3n) is 2.69. The lowest BCUT2D eigenvalue weighted by Gasteiger charge is -2.08. The summed E-state index contributed by atoms with van der Waals surface area (Å²) in [7, 11) is -4.05. The molecule has 9 heteroatoms. The lowest BCUT2D eigenvalue weighted by molar-refractivity contribution is 0.584. The van der Waals surface area contributed by atoms with Crippen LogP contribution < -0.4 is 4.72 Å². The van der Waals surface area contributed by atoms with Crippen LogP contribution in [0.15, 0.2) is 47.8 Å². The average Bonchev–Trinajstić information content (AvgIpc) is 2.84. The van der Waals surface area contributed by atoms with Crippen LogP contribution in [0.3, 0.4) is 0 Å². The van der Waals surface area contributed by atoms with Gasteiger partial charge < -0.3 is 0 Å². The summed E-state index contributed by atoms with van der Waals surface area (Å²) in [6.07, 6.45) is 2.92. The first-order valence-corrected chi connectivity index (χ1v) is 7.21. The van der Waals surface area contributed by atoms with Gasteiger partial charge in [0.05, 0.1) is 5.69 Å². The van der Waals surface area contributed by atoms with Crippen molar-refractivity contribution in [2.24, 2.45) is 0 Å². The molecule has 0 saturated carbocycles. The Morgan fingerprint density at radius 3 is 2.57 bits per heavy atom. The Morgan fingerprint density at radius 2 is 1.86 bits per heavy atom. The minimum atomic E-state index is -4.05. The first kappa shape index (κ1) is 13.4.